The zero-order valence-electron chi connectivity index (χ0n) is 5.49. The van der Waals surface area contributed by atoms with Crippen molar-refractivity contribution in [1.29, 1.82) is 0 Å². The fourth-order valence-corrected chi connectivity index (χ4v) is 0.739. The predicted octanol–water partition coefficient (Wildman–Crippen LogP) is -1.02. The van der Waals surface area contributed by atoms with Crippen molar-refractivity contribution >= 4 is 10.3 Å². The van der Waals surface area contributed by atoms with E-state index in [1.165, 1.54) is 0 Å². The second kappa shape index (κ2) is 4.62. The van der Waals surface area contributed by atoms with E-state index in [0.29, 0.717) is 12.8 Å². The Morgan fingerprint density at radius 1 is 1.40 bits per heavy atom. The van der Waals surface area contributed by atoms with E-state index in [1.54, 1.807) is 0 Å². The molecule has 6 heteroatoms. The van der Waals surface area contributed by atoms with Crippen molar-refractivity contribution in [1.82, 2.24) is 0 Å². The minimum absolute atomic E-state index is 0.0357. The van der Waals surface area contributed by atoms with Crippen molar-refractivity contribution in [2.45, 2.75) is 12.8 Å². The molecule has 0 aromatic rings. The van der Waals surface area contributed by atoms with Crippen LogP contribution in [0.3, 0.4) is 0 Å². The summed E-state index contributed by atoms with van der Waals surface area (Å²) in [6, 6.07) is 0. The zero-order valence-corrected chi connectivity index (χ0v) is 6.30. The summed E-state index contributed by atoms with van der Waals surface area (Å²) in [5, 5.41) is 12.8. The number of hydrogen-bond acceptors (Lipinski definition) is 4. The van der Waals surface area contributed by atoms with Gasteiger partial charge in [-0.1, -0.05) is 0 Å². The Hall–Kier alpha value is -0.170. The van der Waals surface area contributed by atoms with E-state index in [9.17, 15) is 8.42 Å². The first-order chi connectivity index (χ1) is 4.56. The molecule has 0 aliphatic carbocycles. The standard InChI is InChI=1S/C4H11NO4S/c5-10(7,8)9-4-2-1-3-6/h6H,1-4H2,(H2,5,7,8). The molecule has 0 saturated heterocycles. The van der Waals surface area contributed by atoms with Crippen LogP contribution in [-0.4, -0.2) is 26.7 Å². The van der Waals surface area contributed by atoms with E-state index >= 15 is 0 Å². The van der Waals surface area contributed by atoms with Gasteiger partial charge < -0.3 is 5.11 Å². The largest absolute Gasteiger partial charge is 0.396 e. The first-order valence-electron chi connectivity index (χ1n) is 2.84. The topological polar surface area (TPSA) is 89.6 Å². The molecule has 0 saturated carbocycles. The Kier molecular flexibility index (Phi) is 4.54. The maximum Gasteiger partial charge on any atom is 0.333 e. The third-order valence-electron chi connectivity index (χ3n) is 0.800. The van der Waals surface area contributed by atoms with Gasteiger partial charge in [0.25, 0.3) is 0 Å². The Labute approximate surface area is 60.1 Å². The van der Waals surface area contributed by atoms with Gasteiger partial charge in [0.15, 0.2) is 0 Å². The van der Waals surface area contributed by atoms with E-state index in [4.69, 9.17) is 5.11 Å². The molecule has 0 heterocycles. The molecule has 0 unspecified atom stereocenters. The molecule has 10 heavy (non-hydrogen) atoms. The minimum Gasteiger partial charge on any atom is -0.396 e. The van der Waals surface area contributed by atoms with Crippen LogP contribution < -0.4 is 5.14 Å². The molecule has 3 N–H and O–H groups in total. The molecule has 0 aliphatic rings. The van der Waals surface area contributed by atoms with Crippen molar-refractivity contribution in [2.24, 2.45) is 5.14 Å². The van der Waals surface area contributed by atoms with Crippen LogP contribution in [0.25, 0.3) is 0 Å². The van der Waals surface area contributed by atoms with Gasteiger partial charge in [-0.05, 0) is 12.8 Å². The second-order valence-electron chi connectivity index (χ2n) is 1.75. The van der Waals surface area contributed by atoms with Crippen LogP contribution in [0.2, 0.25) is 0 Å². The normalized spacial score (nSPS) is 11.8. The summed E-state index contributed by atoms with van der Waals surface area (Å²) in [6.45, 7) is 0.0768. The summed E-state index contributed by atoms with van der Waals surface area (Å²) >= 11 is 0. The van der Waals surface area contributed by atoms with Crippen molar-refractivity contribution in [3.63, 3.8) is 0 Å². The molecular weight excluding hydrogens is 158 g/mol. The van der Waals surface area contributed by atoms with Gasteiger partial charge in [0, 0.05) is 6.61 Å². The average Bonchev–Trinajstić information content (AvgIpc) is 1.78. The van der Waals surface area contributed by atoms with Gasteiger partial charge >= 0.3 is 10.3 Å². The van der Waals surface area contributed by atoms with Gasteiger partial charge in [-0.15, -0.1) is 0 Å². The average molecular weight is 169 g/mol. The highest BCUT2D eigenvalue weighted by Crippen LogP contribution is 1.90. The van der Waals surface area contributed by atoms with Crippen molar-refractivity contribution in [2.75, 3.05) is 13.2 Å². The predicted molar refractivity (Wildman–Crippen MR) is 35.4 cm³/mol. The van der Waals surface area contributed by atoms with Crippen molar-refractivity contribution < 1.29 is 17.7 Å². The molecular formula is C4H11NO4S. The number of hydrogen-bond donors (Lipinski definition) is 2. The van der Waals surface area contributed by atoms with E-state index < -0.39 is 10.3 Å². The van der Waals surface area contributed by atoms with Crippen LogP contribution in [0, 0.1) is 0 Å². The summed E-state index contributed by atoms with van der Waals surface area (Å²) in [4.78, 5) is 0. The van der Waals surface area contributed by atoms with E-state index in [1.807, 2.05) is 0 Å². The zero-order chi connectivity index (χ0) is 8.04. The number of rotatable bonds is 5. The Morgan fingerprint density at radius 2 is 2.00 bits per heavy atom. The molecule has 0 rings (SSSR count). The number of aliphatic hydroxyl groups is 1. The van der Waals surface area contributed by atoms with Gasteiger partial charge in [0.2, 0.25) is 0 Å². The number of nitrogens with two attached hydrogens (primary N) is 1. The summed E-state index contributed by atoms with van der Waals surface area (Å²) in [5.41, 5.74) is 0. The maximum atomic E-state index is 10.1. The van der Waals surface area contributed by atoms with Gasteiger partial charge in [0.1, 0.15) is 0 Å². The smallest absolute Gasteiger partial charge is 0.333 e. The number of unbranched alkanes of at least 4 members (excludes halogenated alkanes) is 1. The molecule has 62 valence electrons. The van der Waals surface area contributed by atoms with E-state index in [0.717, 1.165) is 0 Å². The van der Waals surface area contributed by atoms with E-state index in [-0.39, 0.29) is 13.2 Å². The number of aliphatic hydroxyl groups excluding tert-OH is 1. The Morgan fingerprint density at radius 3 is 2.40 bits per heavy atom. The van der Waals surface area contributed by atoms with Gasteiger partial charge in [0.05, 0.1) is 6.61 Å². The first kappa shape index (κ1) is 9.83. The Bertz CT molecular complexity index is 164. The molecule has 0 amide bonds. The maximum absolute atomic E-state index is 10.1. The molecule has 0 bridgehead atoms. The highest BCUT2D eigenvalue weighted by Gasteiger charge is 1.99. The molecule has 0 aliphatic heterocycles. The lowest BCUT2D eigenvalue weighted by molar-refractivity contribution is 0.255. The van der Waals surface area contributed by atoms with Gasteiger partial charge in [-0.2, -0.15) is 8.42 Å². The SMILES string of the molecule is NS(=O)(=O)OCCCCO. The lowest BCUT2D eigenvalue weighted by atomic mass is 10.3. The van der Waals surface area contributed by atoms with Gasteiger partial charge in [-0.3, -0.25) is 4.18 Å². The molecule has 0 atom stereocenters. The molecule has 5 nitrogen and oxygen atoms in total. The summed E-state index contributed by atoms with van der Waals surface area (Å²) < 4.78 is 24.3. The lowest BCUT2D eigenvalue weighted by Gasteiger charge is -1.97. The fourth-order valence-electron chi connectivity index (χ4n) is 0.389. The molecule has 0 spiro atoms. The second-order valence-corrected chi connectivity index (χ2v) is 2.97. The lowest BCUT2D eigenvalue weighted by Crippen LogP contribution is -2.16. The monoisotopic (exact) mass is 169 g/mol. The highest BCUT2D eigenvalue weighted by molar-refractivity contribution is 7.84. The van der Waals surface area contributed by atoms with Crippen molar-refractivity contribution in [3.05, 3.63) is 0 Å². The van der Waals surface area contributed by atoms with Crippen LogP contribution in [0.15, 0.2) is 0 Å². The van der Waals surface area contributed by atoms with E-state index in [2.05, 4.69) is 9.32 Å². The Balaban J connectivity index is 3.21. The third-order valence-corrected chi connectivity index (χ3v) is 1.30. The van der Waals surface area contributed by atoms with Crippen LogP contribution in [-0.2, 0) is 14.5 Å². The molecule has 0 radical (unpaired) electrons. The first-order valence-corrected chi connectivity index (χ1v) is 4.31. The quantitative estimate of drug-likeness (QED) is 0.515. The van der Waals surface area contributed by atoms with Crippen LogP contribution in [0.1, 0.15) is 12.8 Å². The minimum atomic E-state index is -3.79. The summed E-state index contributed by atoms with van der Waals surface area (Å²) in [7, 11) is -3.79. The van der Waals surface area contributed by atoms with Crippen LogP contribution >= 0.6 is 0 Å². The van der Waals surface area contributed by atoms with Crippen molar-refractivity contribution in [3.8, 4) is 0 Å². The molecule has 0 aromatic heterocycles. The van der Waals surface area contributed by atoms with Crippen LogP contribution in [0.4, 0.5) is 0 Å². The fraction of sp³-hybridized carbons (Fsp3) is 1.00. The van der Waals surface area contributed by atoms with Crippen LogP contribution in [0.5, 0.6) is 0 Å². The molecule has 0 fully saturated rings. The summed E-state index contributed by atoms with van der Waals surface area (Å²) in [6.07, 6.45) is 1.02. The summed E-state index contributed by atoms with van der Waals surface area (Å²) in [5.74, 6) is 0. The molecule has 0 aromatic carbocycles. The van der Waals surface area contributed by atoms with Gasteiger partial charge in [-0.25, -0.2) is 5.14 Å². The third kappa shape index (κ3) is 7.83. The highest BCUT2D eigenvalue weighted by atomic mass is 32.2.